The van der Waals surface area contributed by atoms with Crippen molar-refractivity contribution in [2.24, 2.45) is 0 Å². The molecule has 1 aromatic carbocycles. The SMILES string of the molecule is COc1ccc(-c2c(C)sc3ncnc(NCCCCCO)c23)cc1. The standard InChI is InChI=1S/C19H23N3O2S/c1-13-16(14-6-8-15(24-2)9-7-14)17-18(20-10-4-3-5-11-23)21-12-22-19(17)25-13/h6-9,12,23H,3-5,10-11H2,1-2H3,(H,20,21,22). The minimum atomic E-state index is 0.253. The lowest BCUT2D eigenvalue weighted by Crippen LogP contribution is -2.04. The summed E-state index contributed by atoms with van der Waals surface area (Å²) in [6, 6.07) is 8.10. The Bertz CT molecular complexity index is 831. The Balaban J connectivity index is 1.93. The number of thiophene rings is 1. The lowest BCUT2D eigenvalue weighted by molar-refractivity contribution is 0.283. The van der Waals surface area contributed by atoms with E-state index < -0.39 is 0 Å². The van der Waals surface area contributed by atoms with Gasteiger partial charge in [0.25, 0.3) is 0 Å². The second kappa shape index (κ2) is 8.27. The third kappa shape index (κ3) is 3.91. The molecule has 132 valence electrons. The number of aliphatic hydroxyl groups excluding tert-OH is 1. The number of anilines is 1. The maximum atomic E-state index is 8.88. The second-order valence-electron chi connectivity index (χ2n) is 5.88. The summed E-state index contributed by atoms with van der Waals surface area (Å²) >= 11 is 1.69. The molecule has 0 spiro atoms. The van der Waals surface area contributed by atoms with E-state index in [1.807, 2.05) is 12.1 Å². The largest absolute Gasteiger partial charge is 0.497 e. The van der Waals surface area contributed by atoms with Crippen LogP contribution >= 0.6 is 11.3 Å². The quantitative estimate of drug-likeness (QED) is 0.590. The molecule has 5 nitrogen and oxygen atoms in total. The zero-order valence-corrected chi connectivity index (χ0v) is 15.4. The number of aryl methyl sites for hydroxylation is 1. The molecule has 0 radical (unpaired) electrons. The van der Waals surface area contributed by atoms with Crippen LogP contribution in [0.15, 0.2) is 30.6 Å². The second-order valence-corrected chi connectivity index (χ2v) is 7.08. The Hall–Kier alpha value is -2.18. The van der Waals surface area contributed by atoms with Crippen LogP contribution in [0.3, 0.4) is 0 Å². The van der Waals surface area contributed by atoms with E-state index in [0.717, 1.165) is 53.2 Å². The molecule has 25 heavy (non-hydrogen) atoms. The van der Waals surface area contributed by atoms with Crippen LogP contribution in [-0.2, 0) is 0 Å². The fourth-order valence-electron chi connectivity index (χ4n) is 2.90. The lowest BCUT2D eigenvalue weighted by atomic mass is 10.0. The number of aliphatic hydroxyl groups is 1. The highest BCUT2D eigenvalue weighted by atomic mass is 32.1. The van der Waals surface area contributed by atoms with E-state index in [1.165, 1.54) is 10.4 Å². The summed E-state index contributed by atoms with van der Waals surface area (Å²) < 4.78 is 5.26. The van der Waals surface area contributed by atoms with Crippen molar-refractivity contribution in [1.29, 1.82) is 0 Å². The number of ether oxygens (including phenoxy) is 1. The van der Waals surface area contributed by atoms with Gasteiger partial charge in [-0.2, -0.15) is 0 Å². The van der Waals surface area contributed by atoms with Gasteiger partial charge in [0.2, 0.25) is 0 Å². The van der Waals surface area contributed by atoms with E-state index in [-0.39, 0.29) is 6.61 Å². The monoisotopic (exact) mass is 357 g/mol. The summed E-state index contributed by atoms with van der Waals surface area (Å²) in [6.07, 6.45) is 4.47. The number of rotatable bonds is 8. The third-order valence-electron chi connectivity index (χ3n) is 4.17. The number of fused-ring (bicyclic) bond motifs is 1. The highest BCUT2D eigenvalue weighted by molar-refractivity contribution is 7.19. The third-order valence-corrected chi connectivity index (χ3v) is 5.18. The Kier molecular flexibility index (Phi) is 5.83. The topological polar surface area (TPSA) is 67.3 Å². The van der Waals surface area contributed by atoms with Gasteiger partial charge in [0.15, 0.2) is 0 Å². The van der Waals surface area contributed by atoms with E-state index in [1.54, 1.807) is 24.8 Å². The first-order chi connectivity index (χ1) is 12.2. The molecular weight excluding hydrogens is 334 g/mol. The summed E-state index contributed by atoms with van der Waals surface area (Å²) in [6.45, 7) is 3.21. The summed E-state index contributed by atoms with van der Waals surface area (Å²) in [4.78, 5) is 11.1. The average molecular weight is 357 g/mol. The number of benzene rings is 1. The van der Waals surface area contributed by atoms with Crippen LogP contribution in [-0.4, -0.2) is 35.3 Å². The minimum absolute atomic E-state index is 0.253. The zero-order valence-electron chi connectivity index (χ0n) is 14.6. The Morgan fingerprint density at radius 2 is 1.92 bits per heavy atom. The predicted molar refractivity (Wildman–Crippen MR) is 104 cm³/mol. The molecule has 0 bridgehead atoms. The van der Waals surface area contributed by atoms with Crippen LogP contribution in [0.1, 0.15) is 24.1 Å². The van der Waals surface area contributed by atoms with Crippen molar-refractivity contribution in [2.45, 2.75) is 26.2 Å². The number of nitrogens with zero attached hydrogens (tertiary/aromatic N) is 2. The molecule has 0 saturated carbocycles. The number of hydrogen-bond acceptors (Lipinski definition) is 6. The van der Waals surface area contributed by atoms with Crippen LogP contribution in [0.25, 0.3) is 21.3 Å². The zero-order chi connectivity index (χ0) is 17.6. The summed E-state index contributed by atoms with van der Waals surface area (Å²) in [5.74, 6) is 1.73. The van der Waals surface area contributed by atoms with Crippen molar-refractivity contribution in [3.8, 4) is 16.9 Å². The Morgan fingerprint density at radius 3 is 2.64 bits per heavy atom. The van der Waals surface area contributed by atoms with Crippen molar-refractivity contribution in [1.82, 2.24) is 9.97 Å². The van der Waals surface area contributed by atoms with Crippen LogP contribution in [0.4, 0.5) is 5.82 Å². The molecule has 3 rings (SSSR count). The van der Waals surface area contributed by atoms with Gasteiger partial charge in [-0.1, -0.05) is 12.1 Å². The molecule has 0 atom stereocenters. The van der Waals surface area contributed by atoms with Gasteiger partial charge in [0.1, 0.15) is 22.7 Å². The molecule has 0 fully saturated rings. The first-order valence-corrected chi connectivity index (χ1v) is 9.29. The number of nitrogens with one attached hydrogen (secondary N) is 1. The van der Waals surface area contributed by atoms with E-state index in [4.69, 9.17) is 9.84 Å². The maximum Gasteiger partial charge on any atom is 0.138 e. The maximum absolute atomic E-state index is 8.88. The van der Waals surface area contributed by atoms with Crippen LogP contribution in [0.2, 0.25) is 0 Å². The number of hydrogen-bond donors (Lipinski definition) is 2. The molecule has 6 heteroatoms. The first kappa shape index (κ1) is 17.6. The highest BCUT2D eigenvalue weighted by Gasteiger charge is 2.16. The van der Waals surface area contributed by atoms with Crippen molar-refractivity contribution in [2.75, 3.05) is 25.6 Å². The highest BCUT2D eigenvalue weighted by Crippen LogP contribution is 2.40. The van der Waals surface area contributed by atoms with E-state index in [0.29, 0.717) is 0 Å². The minimum Gasteiger partial charge on any atom is -0.497 e. The van der Waals surface area contributed by atoms with Crippen LogP contribution in [0, 0.1) is 6.92 Å². The molecule has 0 saturated heterocycles. The number of methoxy groups -OCH3 is 1. The summed E-state index contributed by atoms with van der Waals surface area (Å²) in [5.41, 5.74) is 2.32. The Labute approximate surface area is 151 Å². The fraction of sp³-hybridized carbons (Fsp3) is 0.368. The average Bonchev–Trinajstić information content (AvgIpc) is 2.98. The Morgan fingerprint density at radius 1 is 1.12 bits per heavy atom. The van der Waals surface area contributed by atoms with Gasteiger partial charge in [0.05, 0.1) is 12.5 Å². The molecule has 0 unspecified atom stereocenters. The number of unbranched alkanes of at least 4 members (excludes halogenated alkanes) is 2. The van der Waals surface area contributed by atoms with Gasteiger partial charge in [0, 0.05) is 23.6 Å². The predicted octanol–water partition coefficient (Wildman–Crippen LogP) is 4.25. The van der Waals surface area contributed by atoms with Gasteiger partial charge >= 0.3 is 0 Å². The van der Waals surface area contributed by atoms with Crippen LogP contribution in [0.5, 0.6) is 5.75 Å². The molecule has 2 aromatic heterocycles. The van der Waals surface area contributed by atoms with E-state index in [2.05, 4.69) is 34.3 Å². The molecule has 0 aliphatic carbocycles. The summed E-state index contributed by atoms with van der Waals surface area (Å²) in [7, 11) is 1.67. The lowest BCUT2D eigenvalue weighted by Gasteiger charge is -2.09. The fourth-order valence-corrected chi connectivity index (χ4v) is 3.92. The molecule has 3 aromatic rings. The molecule has 2 N–H and O–H groups in total. The van der Waals surface area contributed by atoms with Crippen molar-refractivity contribution in [3.63, 3.8) is 0 Å². The molecule has 0 aliphatic heterocycles. The molecular formula is C19H23N3O2S. The van der Waals surface area contributed by atoms with Crippen LogP contribution < -0.4 is 10.1 Å². The first-order valence-electron chi connectivity index (χ1n) is 8.48. The van der Waals surface area contributed by atoms with Crippen molar-refractivity contribution < 1.29 is 9.84 Å². The van der Waals surface area contributed by atoms with E-state index >= 15 is 0 Å². The normalized spacial score (nSPS) is 11.0. The van der Waals surface area contributed by atoms with Gasteiger partial charge < -0.3 is 15.2 Å². The van der Waals surface area contributed by atoms with Gasteiger partial charge in [-0.05, 0) is 43.9 Å². The van der Waals surface area contributed by atoms with Gasteiger partial charge in [-0.3, -0.25) is 0 Å². The number of aromatic nitrogens is 2. The van der Waals surface area contributed by atoms with Crippen molar-refractivity contribution in [3.05, 3.63) is 35.5 Å². The molecule has 0 amide bonds. The van der Waals surface area contributed by atoms with E-state index in [9.17, 15) is 0 Å². The molecule has 2 heterocycles. The summed E-state index contributed by atoms with van der Waals surface area (Å²) in [5, 5.41) is 13.4. The molecule has 0 aliphatic rings. The van der Waals surface area contributed by atoms with Crippen molar-refractivity contribution >= 4 is 27.4 Å². The van der Waals surface area contributed by atoms with Gasteiger partial charge in [-0.25, -0.2) is 9.97 Å². The van der Waals surface area contributed by atoms with Gasteiger partial charge in [-0.15, -0.1) is 11.3 Å². The smallest absolute Gasteiger partial charge is 0.138 e.